The molecule has 0 radical (unpaired) electrons. The highest BCUT2D eigenvalue weighted by Gasteiger charge is 2.49. The molecule has 2 aliphatic rings. The third-order valence-corrected chi connectivity index (χ3v) is 5.97. The molecule has 0 bridgehead atoms. The van der Waals surface area contributed by atoms with E-state index in [4.69, 9.17) is 0 Å². The molecule has 2 saturated carbocycles. The van der Waals surface area contributed by atoms with Gasteiger partial charge in [0, 0.05) is 6.61 Å². The molecule has 2 nitrogen and oxygen atoms in total. The van der Waals surface area contributed by atoms with Crippen molar-refractivity contribution in [2.75, 3.05) is 6.61 Å². The summed E-state index contributed by atoms with van der Waals surface area (Å²) in [5.74, 6) is 2.90. The van der Waals surface area contributed by atoms with Gasteiger partial charge in [-0.2, -0.15) is 0 Å². The van der Waals surface area contributed by atoms with Crippen LogP contribution in [0.2, 0.25) is 0 Å². The van der Waals surface area contributed by atoms with E-state index >= 15 is 0 Å². The maximum atomic E-state index is 10.3. The standard InChI is InChI=1S/C17H30O2/c1-5-10(2)16-12(4)8-13-15(19)7-6-11(3)17(13)14(16)9-18/h5,11-19H,6-9H2,1-4H3/t11-,12-,13-,14+,15-,16+,17+/m0/s1. The van der Waals surface area contributed by atoms with Crippen LogP contribution in [0, 0.1) is 35.5 Å². The Morgan fingerprint density at radius 2 is 1.89 bits per heavy atom. The van der Waals surface area contributed by atoms with Crippen molar-refractivity contribution in [3.05, 3.63) is 11.6 Å². The molecule has 2 aliphatic carbocycles. The van der Waals surface area contributed by atoms with Crippen molar-refractivity contribution in [1.29, 1.82) is 0 Å². The number of fused-ring (bicyclic) bond motifs is 1. The monoisotopic (exact) mass is 266 g/mol. The average molecular weight is 266 g/mol. The molecule has 0 heterocycles. The topological polar surface area (TPSA) is 40.5 Å². The van der Waals surface area contributed by atoms with Gasteiger partial charge in [0.2, 0.25) is 0 Å². The molecule has 0 aliphatic heterocycles. The van der Waals surface area contributed by atoms with Crippen LogP contribution >= 0.6 is 0 Å². The molecular formula is C17H30O2. The van der Waals surface area contributed by atoms with Crippen LogP contribution in [0.1, 0.15) is 47.0 Å². The summed E-state index contributed by atoms with van der Waals surface area (Å²) in [5, 5.41) is 20.3. The molecule has 0 saturated heterocycles. The zero-order valence-electron chi connectivity index (χ0n) is 12.8. The molecule has 0 aromatic rings. The van der Waals surface area contributed by atoms with Crippen LogP contribution in [0.3, 0.4) is 0 Å². The summed E-state index contributed by atoms with van der Waals surface area (Å²) in [6.45, 7) is 9.17. The van der Waals surface area contributed by atoms with E-state index in [2.05, 4.69) is 33.8 Å². The largest absolute Gasteiger partial charge is 0.396 e. The fraction of sp³-hybridized carbons (Fsp3) is 0.882. The van der Waals surface area contributed by atoms with Crippen LogP contribution in [-0.4, -0.2) is 22.9 Å². The highest BCUT2D eigenvalue weighted by Crippen LogP contribution is 2.52. The highest BCUT2D eigenvalue weighted by molar-refractivity contribution is 5.11. The fourth-order valence-electron chi connectivity index (χ4n) is 5.02. The van der Waals surface area contributed by atoms with Crippen LogP contribution in [0.5, 0.6) is 0 Å². The van der Waals surface area contributed by atoms with Crippen molar-refractivity contribution in [2.45, 2.75) is 53.1 Å². The van der Waals surface area contributed by atoms with Gasteiger partial charge in [0.15, 0.2) is 0 Å². The van der Waals surface area contributed by atoms with Gasteiger partial charge in [-0.05, 0) is 68.6 Å². The smallest absolute Gasteiger partial charge is 0.0571 e. The first-order valence-electron chi connectivity index (χ1n) is 7.93. The third-order valence-electron chi connectivity index (χ3n) is 5.97. The van der Waals surface area contributed by atoms with Crippen LogP contribution in [0.15, 0.2) is 11.6 Å². The average Bonchev–Trinajstić information content (AvgIpc) is 2.40. The van der Waals surface area contributed by atoms with E-state index in [9.17, 15) is 10.2 Å². The zero-order chi connectivity index (χ0) is 14.2. The Balaban J connectivity index is 2.32. The van der Waals surface area contributed by atoms with Gasteiger partial charge in [0.05, 0.1) is 6.10 Å². The van der Waals surface area contributed by atoms with Gasteiger partial charge in [-0.3, -0.25) is 0 Å². The first-order valence-corrected chi connectivity index (χ1v) is 7.93. The third kappa shape index (κ3) is 2.62. The summed E-state index contributed by atoms with van der Waals surface area (Å²) >= 11 is 0. The molecule has 2 rings (SSSR count). The Kier molecular flexibility index (Phi) is 4.73. The summed E-state index contributed by atoms with van der Waals surface area (Å²) in [7, 11) is 0. The molecule has 7 atom stereocenters. The molecule has 0 amide bonds. The van der Waals surface area contributed by atoms with Crippen molar-refractivity contribution in [1.82, 2.24) is 0 Å². The van der Waals surface area contributed by atoms with Crippen LogP contribution in [0.4, 0.5) is 0 Å². The Morgan fingerprint density at radius 3 is 2.47 bits per heavy atom. The lowest BCUT2D eigenvalue weighted by molar-refractivity contribution is -0.0864. The minimum absolute atomic E-state index is 0.149. The number of aliphatic hydroxyl groups excluding tert-OH is 2. The van der Waals surface area contributed by atoms with Gasteiger partial charge in [-0.15, -0.1) is 0 Å². The molecule has 2 heteroatoms. The van der Waals surface area contributed by atoms with Crippen molar-refractivity contribution < 1.29 is 10.2 Å². The minimum Gasteiger partial charge on any atom is -0.396 e. The maximum absolute atomic E-state index is 10.3. The van der Waals surface area contributed by atoms with Gasteiger partial charge in [-0.1, -0.05) is 25.5 Å². The molecule has 110 valence electrons. The summed E-state index contributed by atoms with van der Waals surface area (Å²) in [6.07, 6.45) is 5.22. The molecule has 0 aromatic carbocycles. The fourth-order valence-corrected chi connectivity index (χ4v) is 5.02. The number of hydrogen-bond donors (Lipinski definition) is 2. The highest BCUT2D eigenvalue weighted by atomic mass is 16.3. The summed E-state index contributed by atoms with van der Waals surface area (Å²) in [6, 6.07) is 0. The zero-order valence-corrected chi connectivity index (χ0v) is 12.8. The first kappa shape index (κ1) is 15.1. The summed E-state index contributed by atoms with van der Waals surface area (Å²) < 4.78 is 0. The molecule has 19 heavy (non-hydrogen) atoms. The normalized spacial score (nSPS) is 47.9. The van der Waals surface area contributed by atoms with Gasteiger partial charge in [0.1, 0.15) is 0 Å². The molecule has 0 spiro atoms. The van der Waals surface area contributed by atoms with E-state index < -0.39 is 0 Å². The van der Waals surface area contributed by atoms with E-state index in [-0.39, 0.29) is 12.7 Å². The molecule has 0 unspecified atom stereocenters. The van der Waals surface area contributed by atoms with Gasteiger partial charge in [0.25, 0.3) is 0 Å². The number of hydrogen-bond acceptors (Lipinski definition) is 2. The quantitative estimate of drug-likeness (QED) is 0.753. The van der Waals surface area contributed by atoms with Gasteiger partial charge >= 0.3 is 0 Å². The van der Waals surface area contributed by atoms with E-state index in [0.717, 1.165) is 19.3 Å². The van der Waals surface area contributed by atoms with Gasteiger partial charge in [-0.25, -0.2) is 0 Å². The minimum atomic E-state index is -0.149. The van der Waals surface area contributed by atoms with E-state index in [1.165, 1.54) is 5.57 Å². The Labute approximate surface area is 117 Å². The van der Waals surface area contributed by atoms with E-state index in [1.54, 1.807) is 0 Å². The number of aliphatic hydroxyl groups is 2. The lowest BCUT2D eigenvalue weighted by Crippen LogP contribution is -2.50. The molecule has 2 fully saturated rings. The van der Waals surface area contributed by atoms with Crippen molar-refractivity contribution >= 4 is 0 Å². The lowest BCUT2D eigenvalue weighted by Gasteiger charge is -2.52. The lowest BCUT2D eigenvalue weighted by atomic mass is 9.53. The second-order valence-electron chi connectivity index (χ2n) is 6.98. The Bertz CT molecular complexity index is 336. The molecule has 0 aromatic heterocycles. The SMILES string of the molecule is CC=C(C)[C@H]1[C@@H](CO)[C@H]2[C@@H](C[C@@H]1C)[C@@H](O)CC[C@@H]2C. The predicted octanol–water partition coefficient (Wildman–Crippen LogP) is 3.24. The Morgan fingerprint density at radius 1 is 1.21 bits per heavy atom. The van der Waals surface area contributed by atoms with E-state index in [1.807, 2.05) is 0 Å². The van der Waals surface area contributed by atoms with Crippen LogP contribution in [-0.2, 0) is 0 Å². The van der Waals surface area contributed by atoms with E-state index in [0.29, 0.717) is 35.5 Å². The summed E-state index contributed by atoms with van der Waals surface area (Å²) in [5.41, 5.74) is 1.41. The number of allylic oxidation sites excluding steroid dienone is 2. The van der Waals surface area contributed by atoms with Crippen molar-refractivity contribution in [3.63, 3.8) is 0 Å². The molecular weight excluding hydrogens is 236 g/mol. The predicted molar refractivity (Wildman–Crippen MR) is 78.7 cm³/mol. The Hall–Kier alpha value is -0.340. The number of rotatable bonds is 2. The van der Waals surface area contributed by atoms with Crippen LogP contribution < -0.4 is 0 Å². The second-order valence-corrected chi connectivity index (χ2v) is 6.98. The molecule has 2 N–H and O–H groups in total. The van der Waals surface area contributed by atoms with Crippen LogP contribution in [0.25, 0.3) is 0 Å². The summed E-state index contributed by atoms with van der Waals surface area (Å²) in [4.78, 5) is 0. The van der Waals surface area contributed by atoms with Crippen molar-refractivity contribution in [3.8, 4) is 0 Å². The van der Waals surface area contributed by atoms with Gasteiger partial charge < -0.3 is 10.2 Å². The second kappa shape index (κ2) is 5.97. The first-order chi connectivity index (χ1) is 9.01. The maximum Gasteiger partial charge on any atom is 0.0571 e. The van der Waals surface area contributed by atoms with Crippen molar-refractivity contribution in [2.24, 2.45) is 35.5 Å².